The molecule has 20 heavy (non-hydrogen) atoms. The van der Waals surface area contributed by atoms with Gasteiger partial charge in [0.05, 0.1) is 5.54 Å². The van der Waals surface area contributed by atoms with E-state index in [0.29, 0.717) is 6.42 Å². The first-order valence-electron chi connectivity index (χ1n) is 7.48. The zero-order chi connectivity index (χ0) is 14.6. The molecule has 1 atom stereocenters. The van der Waals surface area contributed by atoms with Crippen molar-refractivity contribution in [3.8, 4) is 0 Å². The Morgan fingerprint density at radius 1 is 1.30 bits per heavy atom. The predicted molar refractivity (Wildman–Crippen MR) is 84.0 cm³/mol. The van der Waals surface area contributed by atoms with E-state index >= 15 is 0 Å². The zero-order valence-corrected chi connectivity index (χ0v) is 12.5. The molecule has 1 saturated heterocycles. The molecule has 0 radical (unpaired) electrons. The second-order valence-electron chi connectivity index (χ2n) is 5.86. The number of carbonyl (C=O) groups is 1. The SMILES string of the molecule is CCCC(C)(N)C(=O)Nc1ccc(N2CCCC2)cc1. The van der Waals surface area contributed by atoms with Crippen molar-refractivity contribution in [2.75, 3.05) is 23.3 Å². The van der Waals surface area contributed by atoms with Crippen molar-refractivity contribution in [3.63, 3.8) is 0 Å². The summed E-state index contributed by atoms with van der Waals surface area (Å²) in [5.74, 6) is -0.117. The van der Waals surface area contributed by atoms with Crippen LogP contribution in [0.2, 0.25) is 0 Å². The number of nitrogens with two attached hydrogens (primary N) is 1. The van der Waals surface area contributed by atoms with E-state index in [-0.39, 0.29) is 5.91 Å². The summed E-state index contributed by atoms with van der Waals surface area (Å²) in [7, 11) is 0. The van der Waals surface area contributed by atoms with Crippen molar-refractivity contribution in [2.24, 2.45) is 5.73 Å². The highest BCUT2D eigenvalue weighted by Crippen LogP contribution is 2.22. The summed E-state index contributed by atoms with van der Waals surface area (Å²) in [5.41, 5.74) is 7.26. The van der Waals surface area contributed by atoms with Gasteiger partial charge in [0, 0.05) is 24.5 Å². The molecule has 3 N–H and O–H groups in total. The Morgan fingerprint density at radius 2 is 1.90 bits per heavy atom. The van der Waals surface area contributed by atoms with Gasteiger partial charge in [-0.05, 0) is 50.5 Å². The maximum Gasteiger partial charge on any atom is 0.244 e. The number of amides is 1. The third kappa shape index (κ3) is 3.51. The summed E-state index contributed by atoms with van der Waals surface area (Å²) in [6.07, 6.45) is 4.11. The lowest BCUT2D eigenvalue weighted by atomic mass is 9.96. The molecule has 110 valence electrons. The highest BCUT2D eigenvalue weighted by atomic mass is 16.2. The third-order valence-electron chi connectivity index (χ3n) is 3.88. The minimum Gasteiger partial charge on any atom is -0.372 e. The van der Waals surface area contributed by atoms with Crippen molar-refractivity contribution in [1.29, 1.82) is 0 Å². The van der Waals surface area contributed by atoms with Gasteiger partial charge >= 0.3 is 0 Å². The molecule has 0 spiro atoms. The van der Waals surface area contributed by atoms with E-state index < -0.39 is 5.54 Å². The largest absolute Gasteiger partial charge is 0.372 e. The molecule has 4 nitrogen and oxygen atoms in total. The lowest BCUT2D eigenvalue weighted by molar-refractivity contribution is -0.120. The van der Waals surface area contributed by atoms with Crippen LogP contribution in [0, 0.1) is 0 Å². The Bertz CT molecular complexity index is 447. The number of anilines is 2. The predicted octanol–water partition coefficient (Wildman–Crippen LogP) is 2.74. The molecule has 1 fully saturated rings. The number of hydrogen-bond acceptors (Lipinski definition) is 3. The van der Waals surface area contributed by atoms with Gasteiger partial charge in [-0.2, -0.15) is 0 Å². The third-order valence-corrected chi connectivity index (χ3v) is 3.88. The summed E-state index contributed by atoms with van der Waals surface area (Å²) < 4.78 is 0. The fraction of sp³-hybridized carbons (Fsp3) is 0.562. The highest BCUT2D eigenvalue weighted by Gasteiger charge is 2.27. The molecular formula is C16H25N3O. The monoisotopic (exact) mass is 275 g/mol. The molecule has 1 aromatic carbocycles. The number of benzene rings is 1. The lowest BCUT2D eigenvalue weighted by Crippen LogP contribution is -2.48. The van der Waals surface area contributed by atoms with Crippen molar-refractivity contribution in [2.45, 2.75) is 45.1 Å². The summed E-state index contributed by atoms with van der Waals surface area (Å²) in [5, 5.41) is 2.90. The smallest absolute Gasteiger partial charge is 0.244 e. The molecule has 0 bridgehead atoms. The number of nitrogens with zero attached hydrogens (tertiary/aromatic N) is 1. The van der Waals surface area contributed by atoms with Crippen molar-refractivity contribution < 1.29 is 4.79 Å². The minimum absolute atomic E-state index is 0.117. The van der Waals surface area contributed by atoms with Crippen LogP contribution in [0.3, 0.4) is 0 Å². The molecule has 1 aromatic rings. The van der Waals surface area contributed by atoms with Crippen LogP contribution < -0.4 is 16.0 Å². The highest BCUT2D eigenvalue weighted by molar-refractivity contribution is 5.97. The number of hydrogen-bond donors (Lipinski definition) is 2. The van der Waals surface area contributed by atoms with Crippen LogP contribution in [0.1, 0.15) is 39.5 Å². The first kappa shape index (κ1) is 14.9. The van der Waals surface area contributed by atoms with Crippen LogP contribution in [0.5, 0.6) is 0 Å². The topological polar surface area (TPSA) is 58.4 Å². The van der Waals surface area contributed by atoms with Crippen LogP contribution in [-0.4, -0.2) is 24.5 Å². The van der Waals surface area contributed by atoms with Gasteiger partial charge in [0.25, 0.3) is 0 Å². The van der Waals surface area contributed by atoms with Gasteiger partial charge in [-0.25, -0.2) is 0 Å². The molecule has 1 amide bonds. The van der Waals surface area contributed by atoms with E-state index in [9.17, 15) is 4.79 Å². The maximum absolute atomic E-state index is 12.1. The van der Waals surface area contributed by atoms with Gasteiger partial charge in [-0.1, -0.05) is 13.3 Å². The van der Waals surface area contributed by atoms with Crippen LogP contribution in [0.4, 0.5) is 11.4 Å². The molecule has 4 heteroatoms. The number of nitrogens with one attached hydrogen (secondary N) is 1. The normalized spacial score (nSPS) is 17.9. The lowest BCUT2D eigenvalue weighted by Gasteiger charge is -2.23. The molecule has 1 aliphatic rings. The standard InChI is InChI=1S/C16H25N3O/c1-3-10-16(2,17)15(20)18-13-6-8-14(9-7-13)19-11-4-5-12-19/h6-9H,3-5,10-12,17H2,1-2H3,(H,18,20). The Morgan fingerprint density at radius 3 is 2.45 bits per heavy atom. The Balaban J connectivity index is 1.98. The fourth-order valence-electron chi connectivity index (χ4n) is 2.64. The van der Waals surface area contributed by atoms with Crippen LogP contribution in [-0.2, 0) is 4.79 Å². The molecule has 0 aromatic heterocycles. The summed E-state index contributed by atoms with van der Waals surface area (Å²) in [6, 6.07) is 8.03. The molecule has 1 heterocycles. The summed E-state index contributed by atoms with van der Waals surface area (Å²) >= 11 is 0. The van der Waals surface area contributed by atoms with Crippen molar-refractivity contribution in [3.05, 3.63) is 24.3 Å². The summed E-state index contributed by atoms with van der Waals surface area (Å²) in [6.45, 7) is 6.07. The number of rotatable bonds is 5. The second-order valence-corrected chi connectivity index (χ2v) is 5.86. The Kier molecular flexibility index (Phi) is 4.65. The van der Waals surface area contributed by atoms with E-state index in [1.54, 1.807) is 6.92 Å². The fourth-order valence-corrected chi connectivity index (χ4v) is 2.64. The van der Waals surface area contributed by atoms with Crippen LogP contribution >= 0.6 is 0 Å². The van der Waals surface area contributed by atoms with E-state index in [0.717, 1.165) is 25.2 Å². The van der Waals surface area contributed by atoms with Crippen molar-refractivity contribution in [1.82, 2.24) is 0 Å². The molecule has 0 aliphatic carbocycles. The molecule has 1 unspecified atom stereocenters. The van der Waals surface area contributed by atoms with Gasteiger partial charge < -0.3 is 16.0 Å². The second kappa shape index (κ2) is 6.27. The maximum atomic E-state index is 12.1. The minimum atomic E-state index is -0.803. The van der Waals surface area contributed by atoms with E-state index in [1.807, 2.05) is 19.1 Å². The van der Waals surface area contributed by atoms with Gasteiger partial charge in [0.1, 0.15) is 0 Å². The van der Waals surface area contributed by atoms with Crippen molar-refractivity contribution >= 4 is 17.3 Å². The van der Waals surface area contributed by atoms with Crippen LogP contribution in [0.15, 0.2) is 24.3 Å². The number of carbonyl (C=O) groups excluding carboxylic acids is 1. The van der Waals surface area contributed by atoms with Crippen LogP contribution in [0.25, 0.3) is 0 Å². The molecule has 2 rings (SSSR count). The van der Waals surface area contributed by atoms with E-state index in [4.69, 9.17) is 5.73 Å². The van der Waals surface area contributed by atoms with E-state index in [1.165, 1.54) is 18.5 Å². The average Bonchev–Trinajstić information content (AvgIpc) is 2.93. The molecular weight excluding hydrogens is 250 g/mol. The first-order chi connectivity index (χ1) is 9.53. The molecule has 1 aliphatic heterocycles. The van der Waals surface area contributed by atoms with Gasteiger partial charge in [-0.15, -0.1) is 0 Å². The Hall–Kier alpha value is -1.55. The van der Waals surface area contributed by atoms with Gasteiger partial charge in [0.2, 0.25) is 5.91 Å². The van der Waals surface area contributed by atoms with E-state index in [2.05, 4.69) is 22.3 Å². The average molecular weight is 275 g/mol. The quantitative estimate of drug-likeness (QED) is 0.868. The summed E-state index contributed by atoms with van der Waals surface area (Å²) in [4.78, 5) is 14.5. The van der Waals surface area contributed by atoms with Gasteiger partial charge in [-0.3, -0.25) is 4.79 Å². The first-order valence-corrected chi connectivity index (χ1v) is 7.48. The Labute approximate surface area is 121 Å². The van der Waals surface area contributed by atoms with Gasteiger partial charge in [0.15, 0.2) is 0 Å². The zero-order valence-electron chi connectivity index (χ0n) is 12.5. The molecule has 0 saturated carbocycles.